The molecule has 0 aliphatic rings. The average molecular weight is 393 g/mol. The molecule has 148 valence electrons. The highest BCUT2D eigenvalue weighted by atomic mass is 16.4. The van der Waals surface area contributed by atoms with Gasteiger partial charge in [-0.15, -0.1) is 0 Å². The first-order valence-electron chi connectivity index (χ1n) is 9.07. The van der Waals surface area contributed by atoms with Crippen molar-refractivity contribution in [2.24, 2.45) is 0 Å². The van der Waals surface area contributed by atoms with Gasteiger partial charge in [0, 0.05) is 29.5 Å². The summed E-state index contributed by atoms with van der Waals surface area (Å²) in [5.41, 5.74) is 2.04. The van der Waals surface area contributed by atoms with Crippen molar-refractivity contribution in [2.45, 2.75) is 25.7 Å². The van der Waals surface area contributed by atoms with Crippen LogP contribution in [0.3, 0.4) is 0 Å². The Hall–Kier alpha value is -3.74. The molecule has 1 aromatic heterocycles. The van der Waals surface area contributed by atoms with Crippen molar-refractivity contribution in [3.05, 3.63) is 66.1 Å². The van der Waals surface area contributed by atoms with Gasteiger partial charge in [0.25, 0.3) is 0 Å². The monoisotopic (exact) mass is 393 g/mol. The third-order valence-corrected chi connectivity index (χ3v) is 4.31. The molecule has 1 heterocycles. The summed E-state index contributed by atoms with van der Waals surface area (Å²) in [5.74, 6) is -1.62. The van der Waals surface area contributed by atoms with E-state index < -0.39 is 11.9 Å². The van der Waals surface area contributed by atoms with Gasteiger partial charge in [-0.1, -0.05) is 54.6 Å². The number of carboxylic acid groups (broad SMARTS) is 2. The van der Waals surface area contributed by atoms with Gasteiger partial charge >= 0.3 is 11.9 Å². The van der Waals surface area contributed by atoms with E-state index in [0.29, 0.717) is 22.6 Å². The van der Waals surface area contributed by atoms with Gasteiger partial charge in [-0.3, -0.25) is 14.4 Å². The Labute approximate surface area is 166 Å². The highest BCUT2D eigenvalue weighted by molar-refractivity contribution is 6.03. The number of ketones is 1. The average Bonchev–Trinajstić information content (AvgIpc) is 3.15. The van der Waals surface area contributed by atoms with Crippen LogP contribution in [0.5, 0.6) is 0 Å². The number of carboxylic acids is 2. The van der Waals surface area contributed by atoms with E-state index in [0.717, 1.165) is 5.56 Å². The zero-order valence-electron chi connectivity index (χ0n) is 15.5. The molecule has 2 aromatic carbocycles. The summed E-state index contributed by atoms with van der Waals surface area (Å²) >= 11 is 0. The molecule has 29 heavy (non-hydrogen) atoms. The van der Waals surface area contributed by atoms with Crippen LogP contribution in [0.4, 0.5) is 0 Å². The lowest BCUT2D eigenvalue weighted by Gasteiger charge is -2.07. The maximum Gasteiger partial charge on any atom is 0.303 e. The summed E-state index contributed by atoms with van der Waals surface area (Å²) in [6.45, 7) is 0. The maximum absolute atomic E-state index is 12.6. The molecule has 3 rings (SSSR count). The number of rotatable bonds is 9. The van der Waals surface area contributed by atoms with E-state index in [4.69, 9.17) is 14.6 Å². The fourth-order valence-electron chi connectivity index (χ4n) is 2.94. The second kappa shape index (κ2) is 8.97. The van der Waals surface area contributed by atoms with E-state index in [1.54, 1.807) is 24.3 Å². The van der Waals surface area contributed by atoms with Crippen LogP contribution in [0.2, 0.25) is 0 Å². The summed E-state index contributed by atoms with van der Waals surface area (Å²) < 4.78 is 5.86. The molecule has 3 aromatic rings. The van der Waals surface area contributed by atoms with Crippen molar-refractivity contribution in [1.82, 2.24) is 4.98 Å². The van der Waals surface area contributed by atoms with Crippen molar-refractivity contribution < 1.29 is 29.0 Å². The zero-order chi connectivity index (χ0) is 20.8. The fraction of sp³-hybridized carbons (Fsp3) is 0.182. The smallest absolute Gasteiger partial charge is 0.303 e. The number of aryl methyl sites for hydroxylation is 1. The molecular weight excluding hydrogens is 374 g/mol. The normalized spacial score (nSPS) is 10.6. The number of benzene rings is 2. The van der Waals surface area contributed by atoms with Gasteiger partial charge in [0.05, 0.1) is 12.8 Å². The van der Waals surface area contributed by atoms with Crippen LogP contribution in [0.1, 0.15) is 35.5 Å². The minimum Gasteiger partial charge on any atom is -0.481 e. The Morgan fingerprint density at radius 3 is 2.17 bits per heavy atom. The highest BCUT2D eigenvalue weighted by Crippen LogP contribution is 2.35. The van der Waals surface area contributed by atoms with E-state index in [1.807, 2.05) is 30.3 Å². The third-order valence-electron chi connectivity index (χ3n) is 4.31. The van der Waals surface area contributed by atoms with Crippen LogP contribution in [0, 0.1) is 0 Å². The van der Waals surface area contributed by atoms with Crippen LogP contribution in [-0.4, -0.2) is 32.9 Å². The van der Waals surface area contributed by atoms with Crippen molar-refractivity contribution in [2.75, 3.05) is 0 Å². The molecule has 0 aliphatic carbocycles. The lowest BCUT2D eigenvalue weighted by atomic mass is 9.96. The van der Waals surface area contributed by atoms with Crippen molar-refractivity contribution in [3.63, 3.8) is 0 Å². The quantitative estimate of drug-likeness (QED) is 0.526. The molecule has 0 saturated heterocycles. The Balaban J connectivity index is 2.06. The number of hydrogen-bond donors (Lipinski definition) is 2. The van der Waals surface area contributed by atoms with Gasteiger partial charge in [-0.2, -0.15) is 0 Å². The van der Waals surface area contributed by atoms with Gasteiger partial charge in [-0.05, 0) is 0 Å². The molecule has 0 spiro atoms. The molecule has 0 amide bonds. The summed E-state index contributed by atoms with van der Waals surface area (Å²) in [6, 6.07) is 16.0. The number of aromatic nitrogens is 1. The van der Waals surface area contributed by atoms with Gasteiger partial charge in [-0.25, -0.2) is 4.98 Å². The third kappa shape index (κ3) is 4.95. The summed E-state index contributed by atoms with van der Waals surface area (Å²) in [6.07, 6.45) is -0.407. The first-order valence-corrected chi connectivity index (χ1v) is 9.07. The fourth-order valence-corrected chi connectivity index (χ4v) is 2.94. The molecule has 0 bridgehead atoms. The van der Waals surface area contributed by atoms with E-state index in [9.17, 15) is 14.4 Å². The number of carbonyl (C=O) groups is 3. The number of oxazole rings is 1. The lowest BCUT2D eigenvalue weighted by Crippen LogP contribution is -2.05. The van der Waals surface area contributed by atoms with Crippen molar-refractivity contribution in [1.29, 1.82) is 0 Å². The van der Waals surface area contributed by atoms with Gasteiger partial charge in [0.15, 0.2) is 17.4 Å². The van der Waals surface area contributed by atoms with Gasteiger partial charge in [0.2, 0.25) is 0 Å². The Kier molecular flexibility index (Phi) is 6.19. The zero-order valence-corrected chi connectivity index (χ0v) is 15.5. The second-order valence-electron chi connectivity index (χ2n) is 6.41. The van der Waals surface area contributed by atoms with Crippen molar-refractivity contribution in [3.8, 4) is 22.6 Å². The number of carbonyl (C=O) groups excluding carboxylic acids is 1. The first-order chi connectivity index (χ1) is 14.0. The van der Waals surface area contributed by atoms with Crippen molar-refractivity contribution >= 4 is 17.7 Å². The molecule has 7 heteroatoms. The number of Topliss-reactive ketones (excluding diaryl/α,β-unsaturated/α-hetero) is 1. The van der Waals surface area contributed by atoms with E-state index in [1.165, 1.54) is 0 Å². The molecule has 2 N–H and O–H groups in total. The van der Waals surface area contributed by atoms with Crippen LogP contribution in [0.15, 0.2) is 59.0 Å². The SMILES string of the molecule is O=C(O)CCC(=O)c1ccccc1-c1nc(CCC(=O)O)oc1-c1ccccc1. The van der Waals surface area contributed by atoms with Crippen LogP contribution in [0.25, 0.3) is 22.6 Å². The molecule has 0 saturated carbocycles. The van der Waals surface area contributed by atoms with E-state index in [2.05, 4.69) is 4.98 Å². The van der Waals surface area contributed by atoms with Gasteiger partial charge in [0.1, 0.15) is 5.69 Å². The number of aliphatic carboxylic acids is 2. The predicted octanol–water partition coefficient (Wildman–Crippen LogP) is 4.07. The summed E-state index contributed by atoms with van der Waals surface area (Å²) in [4.78, 5) is 38.8. The molecule has 7 nitrogen and oxygen atoms in total. The van der Waals surface area contributed by atoms with Crippen LogP contribution >= 0.6 is 0 Å². The molecule has 0 unspecified atom stereocenters. The first kappa shape index (κ1) is 20.0. The number of nitrogens with zero attached hydrogens (tertiary/aromatic N) is 1. The predicted molar refractivity (Wildman–Crippen MR) is 105 cm³/mol. The van der Waals surface area contributed by atoms with Crippen LogP contribution < -0.4 is 0 Å². The summed E-state index contributed by atoms with van der Waals surface area (Å²) in [7, 11) is 0. The minimum absolute atomic E-state index is 0.115. The lowest BCUT2D eigenvalue weighted by molar-refractivity contribution is -0.138. The molecule has 0 aliphatic heterocycles. The molecule has 0 fully saturated rings. The van der Waals surface area contributed by atoms with Crippen LogP contribution in [-0.2, 0) is 16.0 Å². The standard InChI is InChI=1S/C22H19NO6/c24-17(10-12-19(25)26)15-8-4-5-9-16(15)21-22(14-6-2-1-3-7-14)29-18(23-21)11-13-20(27)28/h1-9H,10-13H2,(H,25,26)(H,27,28). The molecule has 0 radical (unpaired) electrons. The largest absolute Gasteiger partial charge is 0.481 e. The molecule has 0 atom stereocenters. The van der Waals surface area contributed by atoms with Gasteiger partial charge < -0.3 is 14.6 Å². The Bertz CT molecular complexity index is 1040. The highest BCUT2D eigenvalue weighted by Gasteiger charge is 2.22. The Morgan fingerprint density at radius 2 is 1.48 bits per heavy atom. The second-order valence-corrected chi connectivity index (χ2v) is 6.41. The maximum atomic E-state index is 12.6. The minimum atomic E-state index is -1.04. The topological polar surface area (TPSA) is 118 Å². The van der Waals surface area contributed by atoms with E-state index >= 15 is 0 Å². The Morgan fingerprint density at radius 1 is 0.828 bits per heavy atom. The summed E-state index contributed by atoms with van der Waals surface area (Å²) in [5, 5.41) is 17.8. The number of hydrogen-bond acceptors (Lipinski definition) is 5. The molecular formula is C22H19NO6. The van der Waals surface area contributed by atoms with E-state index in [-0.39, 0.29) is 37.4 Å².